The Morgan fingerprint density at radius 3 is 2.69 bits per heavy atom. The Labute approximate surface area is 206 Å². The number of carbonyl (C=O) groups excluding carboxylic acids is 3. The number of aliphatic hydroxyl groups is 1. The smallest absolute Gasteiger partial charge is 0.312 e. The van der Waals surface area contributed by atoms with E-state index in [1.54, 1.807) is 11.0 Å². The normalized spacial score (nSPS) is 29.5. The molecule has 0 saturated carbocycles. The molecule has 3 saturated heterocycles. The van der Waals surface area contributed by atoms with Crippen LogP contribution in [0.3, 0.4) is 0 Å². The van der Waals surface area contributed by atoms with Crippen LogP contribution in [0.4, 0.5) is 0 Å². The van der Waals surface area contributed by atoms with E-state index in [0.29, 0.717) is 25.8 Å². The zero-order valence-electron chi connectivity index (χ0n) is 20.2. The molecule has 0 aromatic heterocycles. The molecular formula is C27H34N2O6. The quantitative estimate of drug-likeness (QED) is 0.383. The highest BCUT2D eigenvalue weighted by Gasteiger charge is 2.75. The lowest BCUT2D eigenvalue weighted by atomic mass is 9.70. The second-order valence-corrected chi connectivity index (χ2v) is 9.46. The highest BCUT2D eigenvalue weighted by atomic mass is 16.6. The number of carbonyl (C=O) groups is 3. The molecule has 3 fully saturated rings. The molecule has 1 aromatic carbocycles. The molecule has 3 aliphatic heterocycles. The second kappa shape index (κ2) is 10.3. The van der Waals surface area contributed by atoms with Crippen LogP contribution in [0.2, 0.25) is 0 Å². The summed E-state index contributed by atoms with van der Waals surface area (Å²) in [6.45, 7) is 9.64. The average Bonchev–Trinajstić information content (AvgIpc) is 3.51. The van der Waals surface area contributed by atoms with Gasteiger partial charge in [0, 0.05) is 13.1 Å². The third kappa shape index (κ3) is 4.19. The van der Waals surface area contributed by atoms with Gasteiger partial charge in [-0.05, 0) is 24.8 Å². The van der Waals surface area contributed by atoms with E-state index >= 15 is 0 Å². The van der Waals surface area contributed by atoms with E-state index in [0.717, 1.165) is 5.56 Å². The number of esters is 1. The van der Waals surface area contributed by atoms with Gasteiger partial charge in [0.05, 0.1) is 30.6 Å². The van der Waals surface area contributed by atoms with Crippen LogP contribution in [0.1, 0.15) is 31.7 Å². The molecule has 35 heavy (non-hydrogen) atoms. The number of likely N-dealkylation sites (tertiary alicyclic amines) is 1. The molecule has 8 heteroatoms. The lowest BCUT2D eigenvalue weighted by Crippen LogP contribution is -2.58. The molecule has 8 nitrogen and oxygen atoms in total. The van der Waals surface area contributed by atoms with Crippen LogP contribution in [-0.4, -0.2) is 76.2 Å². The maximum atomic E-state index is 14.2. The van der Waals surface area contributed by atoms with Crippen molar-refractivity contribution in [2.45, 2.75) is 56.5 Å². The molecule has 1 spiro atoms. The fourth-order valence-corrected chi connectivity index (χ4v) is 6.05. The molecule has 2 unspecified atom stereocenters. The number of amides is 2. The first-order valence-electron chi connectivity index (χ1n) is 12.2. The van der Waals surface area contributed by atoms with Crippen molar-refractivity contribution < 1.29 is 29.0 Å². The minimum atomic E-state index is -1.13. The van der Waals surface area contributed by atoms with E-state index in [9.17, 15) is 19.5 Å². The summed E-state index contributed by atoms with van der Waals surface area (Å²) in [7, 11) is 0. The summed E-state index contributed by atoms with van der Waals surface area (Å²) in [4.78, 5) is 44.2. The van der Waals surface area contributed by atoms with Crippen LogP contribution in [0.15, 0.2) is 55.6 Å². The summed E-state index contributed by atoms with van der Waals surface area (Å²) >= 11 is 0. The van der Waals surface area contributed by atoms with E-state index in [-0.39, 0.29) is 31.6 Å². The van der Waals surface area contributed by atoms with Gasteiger partial charge in [0.15, 0.2) is 0 Å². The van der Waals surface area contributed by atoms with Crippen LogP contribution in [0.5, 0.6) is 0 Å². The lowest BCUT2D eigenvalue weighted by Gasteiger charge is -2.39. The van der Waals surface area contributed by atoms with Crippen molar-refractivity contribution in [1.82, 2.24) is 9.80 Å². The molecule has 188 valence electrons. The van der Waals surface area contributed by atoms with Gasteiger partial charge in [0.2, 0.25) is 11.8 Å². The van der Waals surface area contributed by atoms with Gasteiger partial charge in [-0.2, -0.15) is 0 Å². The molecule has 2 bridgehead atoms. The summed E-state index contributed by atoms with van der Waals surface area (Å²) in [6, 6.07) is 8.10. The monoisotopic (exact) mass is 482 g/mol. The third-order valence-corrected chi connectivity index (χ3v) is 7.54. The largest absolute Gasteiger partial charge is 0.461 e. The van der Waals surface area contributed by atoms with Crippen molar-refractivity contribution >= 4 is 17.8 Å². The topological polar surface area (TPSA) is 96.4 Å². The second-order valence-electron chi connectivity index (χ2n) is 9.46. The molecule has 1 N–H and O–H groups in total. The van der Waals surface area contributed by atoms with Crippen molar-refractivity contribution in [1.29, 1.82) is 0 Å². The Morgan fingerprint density at radius 1 is 1.31 bits per heavy atom. The Balaban J connectivity index is 1.73. The zero-order valence-corrected chi connectivity index (χ0v) is 20.2. The van der Waals surface area contributed by atoms with Gasteiger partial charge in [0.1, 0.15) is 18.2 Å². The first kappa shape index (κ1) is 25.1. The zero-order chi connectivity index (χ0) is 25.2. The fourth-order valence-electron chi connectivity index (χ4n) is 6.05. The number of aliphatic hydroxyl groups excluding tert-OH is 1. The fraction of sp³-hybridized carbons (Fsp3) is 0.519. The maximum absolute atomic E-state index is 14.2. The van der Waals surface area contributed by atoms with Crippen LogP contribution < -0.4 is 0 Å². The van der Waals surface area contributed by atoms with Gasteiger partial charge in [-0.1, -0.05) is 56.0 Å². The molecule has 0 aliphatic carbocycles. The van der Waals surface area contributed by atoms with Gasteiger partial charge in [-0.3, -0.25) is 14.4 Å². The summed E-state index contributed by atoms with van der Waals surface area (Å²) in [5.41, 5.74) is -0.181. The van der Waals surface area contributed by atoms with Crippen LogP contribution in [-0.2, 0) is 30.4 Å². The molecule has 6 atom stereocenters. The van der Waals surface area contributed by atoms with Gasteiger partial charge < -0.3 is 24.4 Å². The van der Waals surface area contributed by atoms with Crippen LogP contribution >= 0.6 is 0 Å². The number of fused-ring (bicyclic) bond motifs is 1. The van der Waals surface area contributed by atoms with E-state index in [2.05, 4.69) is 13.2 Å². The Hall–Kier alpha value is -2.97. The van der Waals surface area contributed by atoms with Crippen molar-refractivity contribution in [2.24, 2.45) is 11.8 Å². The average molecular weight is 483 g/mol. The highest BCUT2D eigenvalue weighted by molar-refractivity contribution is 5.98. The van der Waals surface area contributed by atoms with Crippen molar-refractivity contribution in [3.63, 3.8) is 0 Å². The predicted molar refractivity (Wildman–Crippen MR) is 129 cm³/mol. The number of hydrogen-bond acceptors (Lipinski definition) is 6. The molecule has 3 aliphatic rings. The van der Waals surface area contributed by atoms with Crippen molar-refractivity contribution in [2.75, 3.05) is 19.8 Å². The number of nitrogens with zero attached hydrogens (tertiary/aromatic N) is 2. The first-order chi connectivity index (χ1) is 16.9. The summed E-state index contributed by atoms with van der Waals surface area (Å²) in [5.74, 6) is -2.71. The Morgan fingerprint density at radius 2 is 2.06 bits per heavy atom. The van der Waals surface area contributed by atoms with E-state index in [1.165, 1.54) is 11.0 Å². The van der Waals surface area contributed by atoms with E-state index in [4.69, 9.17) is 9.47 Å². The molecular weight excluding hydrogens is 448 g/mol. The Kier molecular flexibility index (Phi) is 7.42. The molecule has 2 amide bonds. The summed E-state index contributed by atoms with van der Waals surface area (Å²) < 4.78 is 11.7. The highest BCUT2D eigenvalue weighted by Crippen LogP contribution is 2.59. The standard InChI is InChI=1S/C27H34N2O6/c1-4-14-28(16-18-10-8-7-9-11-18)25(32)23-27-13-12-20(35-27)21(26(33)34-15-5-2)22(27)24(31)29(23)19(6-3)17-30/h4-5,7-11,19-23,30H,1-2,6,12-17H2,3H3/t19-,20+,21-,22-,23?,27?/m0/s1. The molecule has 0 radical (unpaired) electrons. The molecule has 1 aromatic rings. The van der Waals surface area contributed by atoms with Crippen LogP contribution in [0, 0.1) is 11.8 Å². The maximum Gasteiger partial charge on any atom is 0.312 e. The number of rotatable bonds is 11. The summed E-state index contributed by atoms with van der Waals surface area (Å²) in [5, 5.41) is 10.1. The third-order valence-electron chi connectivity index (χ3n) is 7.54. The molecule has 4 rings (SSSR count). The SMILES string of the molecule is C=CCOC(=O)[C@@H]1[C@H]2C(=O)N([C@@H](CC)CO)C(C(=O)N(CC=C)Cc3ccccc3)C23CC[C@H]1O3. The first-order valence-corrected chi connectivity index (χ1v) is 12.2. The van der Waals surface area contributed by atoms with Crippen molar-refractivity contribution in [3.05, 3.63) is 61.2 Å². The lowest BCUT2D eigenvalue weighted by molar-refractivity contribution is -0.156. The van der Waals surface area contributed by atoms with Gasteiger partial charge in [-0.15, -0.1) is 6.58 Å². The van der Waals surface area contributed by atoms with Crippen LogP contribution in [0.25, 0.3) is 0 Å². The number of benzene rings is 1. The van der Waals surface area contributed by atoms with E-state index < -0.39 is 41.6 Å². The Bertz CT molecular complexity index is 977. The minimum absolute atomic E-state index is 0.0421. The predicted octanol–water partition coefficient (Wildman–Crippen LogP) is 2.08. The van der Waals surface area contributed by atoms with Crippen molar-refractivity contribution in [3.8, 4) is 0 Å². The minimum Gasteiger partial charge on any atom is -0.461 e. The number of hydrogen-bond donors (Lipinski definition) is 1. The summed E-state index contributed by atoms with van der Waals surface area (Å²) in [6.07, 6.45) is 4.17. The van der Waals surface area contributed by atoms with E-state index in [1.807, 2.05) is 37.3 Å². The van der Waals surface area contributed by atoms with Gasteiger partial charge in [0.25, 0.3) is 0 Å². The van der Waals surface area contributed by atoms with Gasteiger partial charge >= 0.3 is 5.97 Å². The molecule has 3 heterocycles. The van der Waals surface area contributed by atoms with Gasteiger partial charge in [-0.25, -0.2) is 0 Å². The number of ether oxygens (including phenoxy) is 2.